The van der Waals surface area contributed by atoms with Gasteiger partial charge in [-0.05, 0) is 43.2 Å². The predicted molar refractivity (Wildman–Crippen MR) is 98.1 cm³/mol. The number of halogens is 1. The lowest BCUT2D eigenvalue weighted by molar-refractivity contribution is 0.0604. The maximum Gasteiger partial charge on any atom is 0.253 e. The van der Waals surface area contributed by atoms with Crippen molar-refractivity contribution in [2.45, 2.75) is 19.9 Å². The molecule has 134 valence electrons. The van der Waals surface area contributed by atoms with E-state index in [1.807, 2.05) is 36.9 Å². The van der Waals surface area contributed by atoms with E-state index < -0.39 is 6.04 Å². The molecule has 0 aliphatic carbocycles. The fourth-order valence-electron chi connectivity index (χ4n) is 3.28. The molecule has 0 N–H and O–H groups in total. The van der Waals surface area contributed by atoms with E-state index in [1.165, 1.54) is 6.07 Å². The summed E-state index contributed by atoms with van der Waals surface area (Å²) in [7, 11) is 0. The Morgan fingerprint density at radius 3 is 2.38 bits per heavy atom. The summed E-state index contributed by atoms with van der Waals surface area (Å²) in [5, 5.41) is 9.53. The SMILES string of the molecule is Cc1ccc(C(=O)N2CCN(C(C#N)c3ccccc3F)CC2)cc1C. The van der Waals surface area contributed by atoms with Crippen molar-refractivity contribution in [1.82, 2.24) is 9.80 Å². The first-order chi connectivity index (χ1) is 12.5. The van der Waals surface area contributed by atoms with Crippen molar-refractivity contribution in [3.63, 3.8) is 0 Å². The van der Waals surface area contributed by atoms with E-state index in [4.69, 9.17) is 0 Å². The molecule has 4 nitrogen and oxygen atoms in total. The first-order valence-electron chi connectivity index (χ1n) is 8.76. The summed E-state index contributed by atoms with van der Waals surface area (Å²) in [5.74, 6) is -0.361. The minimum absolute atomic E-state index is 0.00662. The summed E-state index contributed by atoms with van der Waals surface area (Å²) < 4.78 is 14.0. The van der Waals surface area contributed by atoms with Gasteiger partial charge in [-0.25, -0.2) is 4.39 Å². The van der Waals surface area contributed by atoms with Crippen molar-refractivity contribution in [1.29, 1.82) is 5.26 Å². The van der Waals surface area contributed by atoms with E-state index in [1.54, 1.807) is 23.1 Å². The zero-order valence-electron chi connectivity index (χ0n) is 15.1. The molecule has 0 aromatic heterocycles. The van der Waals surface area contributed by atoms with Gasteiger partial charge in [0.15, 0.2) is 0 Å². The van der Waals surface area contributed by atoms with Crippen LogP contribution in [-0.2, 0) is 0 Å². The number of nitriles is 1. The molecule has 0 saturated carbocycles. The first-order valence-corrected chi connectivity index (χ1v) is 8.76. The fourth-order valence-corrected chi connectivity index (χ4v) is 3.28. The van der Waals surface area contributed by atoms with Crippen LogP contribution in [0.25, 0.3) is 0 Å². The molecule has 1 aliphatic rings. The number of amides is 1. The number of carbonyl (C=O) groups is 1. The molecule has 5 heteroatoms. The third-order valence-electron chi connectivity index (χ3n) is 5.04. The van der Waals surface area contributed by atoms with Gasteiger partial charge in [0.1, 0.15) is 11.9 Å². The number of benzene rings is 2. The maximum absolute atomic E-state index is 14.0. The molecule has 2 aromatic carbocycles. The molecule has 26 heavy (non-hydrogen) atoms. The van der Waals surface area contributed by atoms with Crippen molar-refractivity contribution in [2.24, 2.45) is 0 Å². The average Bonchev–Trinajstić information content (AvgIpc) is 2.66. The zero-order valence-corrected chi connectivity index (χ0v) is 15.1. The van der Waals surface area contributed by atoms with E-state index in [-0.39, 0.29) is 11.7 Å². The number of carbonyl (C=O) groups excluding carboxylic acids is 1. The van der Waals surface area contributed by atoms with E-state index in [0.29, 0.717) is 37.3 Å². The van der Waals surface area contributed by atoms with Gasteiger partial charge in [-0.3, -0.25) is 9.69 Å². The topological polar surface area (TPSA) is 47.3 Å². The number of hydrogen-bond donors (Lipinski definition) is 0. The molecular formula is C21H22FN3O. The molecule has 2 aromatic rings. The van der Waals surface area contributed by atoms with Gasteiger partial charge in [-0.15, -0.1) is 0 Å². The Kier molecular flexibility index (Phi) is 5.34. The molecule has 1 amide bonds. The Morgan fingerprint density at radius 1 is 1.08 bits per heavy atom. The van der Waals surface area contributed by atoms with Crippen LogP contribution in [0, 0.1) is 31.0 Å². The Bertz CT molecular complexity index is 851. The van der Waals surface area contributed by atoms with Crippen molar-refractivity contribution in [2.75, 3.05) is 26.2 Å². The highest BCUT2D eigenvalue weighted by Crippen LogP contribution is 2.24. The Labute approximate surface area is 153 Å². The van der Waals surface area contributed by atoms with E-state index in [9.17, 15) is 14.4 Å². The molecule has 3 rings (SSSR count). The van der Waals surface area contributed by atoms with Crippen LogP contribution in [0.3, 0.4) is 0 Å². The highest BCUT2D eigenvalue weighted by Gasteiger charge is 2.28. The van der Waals surface area contributed by atoms with E-state index in [0.717, 1.165) is 11.1 Å². The average molecular weight is 351 g/mol. The third-order valence-corrected chi connectivity index (χ3v) is 5.04. The minimum atomic E-state index is -0.630. The fraction of sp³-hybridized carbons (Fsp3) is 0.333. The lowest BCUT2D eigenvalue weighted by Crippen LogP contribution is -2.49. The number of piperazine rings is 1. The van der Waals surface area contributed by atoms with Gasteiger partial charge >= 0.3 is 0 Å². The summed E-state index contributed by atoms with van der Waals surface area (Å²) in [5.41, 5.74) is 3.34. The lowest BCUT2D eigenvalue weighted by atomic mass is 10.0. The standard InChI is InChI=1S/C21H22FN3O/c1-15-7-8-17(13-16(15)2)21(26)25-11-9-24(10-12-25)20(14-23)18-5-3-4-6-19(18)22/h3-8,13,20H,9-12H2,1-2H3. The molecule has 1 saturated heterocycles. The van der Waals surface area contributed by atoms with E-state index in [2.05, 4.69) is 6.07 Å². The zero-order chi connectivity index (χ0) is 18.7. The van der Waals surface area contributed by atoms with Crippen LogP contribution in [0.2, 0.25) is 0 Å². The van der Waals surface area contributed by atoms with Crippen LogP contribution in [0.5, 0.6) is 0 Å². The highest BCUT2D eigenvalue weighted by atomic mass is 19.1. The van der Waals surface area contributed by atoms with Crippen molar-refractivity contribution in [3.05, 3.63) is 70.5 Å². The van der Waals surface area contributed by atoms with Gasteiger partial charge in [0, 0.05) is 37.3 Å². The summed E-state index contributed by atoms with van der Waals surface area (Å²) in [6.07, 6.45) is 0. The van der Waals surface area contributed by atoms with Gasteiger partial charge in [0.2, 0.25) is 0 Å². The summed E-state index contributed by atoms with van der Waals surface area (Å²) in [6, 6.07) is 13.7. The smallest absolute Gasteiger partial charge is 0.253 e. The van der Waals surface area contributed by atoms with Crippen LogP contribution < -0.4 is 0 Å². The van der Waals surface area contributed by atoms with Crippen LogP contribution >= 0.6 is 0 Å². The van der Waals surface area contributed by atoms with Gasteiger partial charge in [0.05, 0.1) is 6.07 Å². The van der Waals surface area contributed by atoms with Crippen molar-refractivity contribution in [3.8, 4) is 6.07 Å². The maximum atomic E-state index is 14.0. The summed E-state index contributed by atoms with van der Waals surface area (Å²) in [4.78, 5) is 16.5. The Morgan fingerprint density at radius 2 is 1.77 bits per heavy atom. The quantitative estimate of drug-likeness (QED) is 0.851. The van der Waals surface area contributed by atoms with Gasteiger partial charge in [-0.1, -0.05) is 24.3 Å². The number of hydrogen-bond acceptors (Lipinski definition) is 3. The van der Waals surface area contributed by atoms with Gasteiger partial charge in [0.25, 0.3) is 5.91 Å². The number of nitrogens with zero attached hydrogens (tertiary/aromatic N) is 3. The van der Waals surface area contributed by atoms with Crippen LogP contribution in [0.1, 0.15) is 33.1 Å². The molecule has 0 bridgehead atoms. The molecule has 1 atom stereocenters. The molecule has 1 unspecified atom stereocenters. The molecule has 1 aliphatic heterocycles. The Hall–Kier alpha value is -2.71. The monoisotopic (exact) mass is 351 g/mol. The van der Waals surface area contributed by atoms with Crippen molar-refractivity contribution < 1.29 is 9.18 Å². The second-order valence-electron chi connectivity index (χ2n) is 6.68. The van der Waals surface area contributed by atoms with Gasteiger partial charge < -0.3 is 4.90 Å². The van der Waals surface area contributed by atoms with Crippen LogP contribution in [0.15, 0.2) is 42.5 Å². The van der Waals surface area contributed by atoms with Crippen LogP contribution in [-0.4, -0.2) is 41.9 Å². The second-order valence-corrected chi connectivity index (χ2v) is 6.68. The molecule has 1 fully saturated rings. The lowest BCUT2D eigenvalue weighted by Gasteiger charge is -2.37. The predicted octanol–water partition coefficient (Wildman–Crippen LogP) is 3.47. The summed E-state index contributed by atoms with van der Waals surface area (Å²) in [6.45, 7) is 6.16. The highest BCUT2D eigenvalue weighted by molar-refractivity contribution is 5.94. The summed E-state index contributed by atoms with van der Waals surface area (Å²) >= 11 is 0. The first kappa shape index (κ1) is 18.1. The largest absolute Gasteiger partial charge is 0.336 e. The second kappa shape index (κ2) is 7.67. The normalized spacial score (nSPS) is 16.2. The third kappa shape index (κ3) is 3.61. The molecule has 0 radical (unpaired) electrons. The molecule has 0 spiro atoms. The number of rotatable bonds is 3. The van der Waals surface area contributed by atoms with Crippen molar-refractivity contribution >= 4 is 5.91 Å². The molecular weight excluding hydrogens is 329 g/mol. The van der Waals surface area contributed by atoms with E-state index >= 15 is 0 Å². The Balaban J connectivity index is 1.68. The molecule has 1 heterocycles. The number of aryl methyl sites for hydroxylation is 2. The van der Waals surface area contributed by atoms with Gasteiger partial charge in [-0.2, -0.15) is 5.26 Å². The minimum Gasteiger partial charge on any atom is -0.336 e. The van der Waals surface area contributed by atoms with Crippen LogP contribution in [0.4, 0.5) is 4.39 Å².